The van der Waals surface area contributed by atoms with Crippen LogP contribution in [0.5, 0.6) is 0 Å². The van der Waals surface area contributed by atoms with Crippen molar-refractivity contribution in [3.05, 3.63) is 12.4 Å². The highest BCUT2D eigenvalue weighted by Crippen LogP contribution is 2.07. The van der Waals surface area contributed by atoms with E-state index in [4.69, 9.17) is 5.73 Å². The lowest BCUT2D eigenvalue weighted by molar-refractivity contribution is -0.121. The highest BCUT2D eigenvalue weighted by molar-refractivity contribution is 5.90. The summed E-state index contributed by atoms with van der Waals surface area (Å²) in [6, 6.07) is -0.120. The normalized spacial score (nSPS) is 11.9. The highest BCUT2D eigenvalue weighted by Gasteiger charge is 2.10. The Morgan fingerprint density at radius 3 is 2.84 bits per heavy atom. The summed E-state index contributed by atoms with van der Waals surface area (Å²) in [5.74, 6) is -0.286. The SMILES string of the molecule is CCCC(N)CC(=O)Nc1cnn(CC(=O)NC)c1. The van der Waals surface area contributed by atoms with Crippen LogP contribution >= 0.6 is 0 Å². The monoisotopic (exact) mass is 267 g/mol. The molecule has 0 spiro atoms. The molecule has 0 aliphatic rings. The molecule has 1 heterocycles. The van der Waals surface area contributed by atoms with Gasteiger partial charge in [0.05, 0.1) is 11.9 Å². The highest BCUT2D eigenvalue weighted by atomic mass is 16.2. The molecule has 7 heteroatoms. The van der Waals surface area contributed by atoms with E-state index < -0.39 is 0 Å². The molecule has 4 N–H and O–H groups in total. The van der Waals surface area contributed by atoms with Gasteiger partial charge in [0.15, 0.2) is 0 Å². The number of aromatic nitrogens is 2. The van der Waals surface area contributed by atoms with Crippen molar-refractivity contribution in [2.24, 2.45) is 5.73 Å². The Morgan fingerprint density at radius 2 is 2.21 bits per heavy atom. The van der Waals surface area contributed by atoms with E-state index in [0.717, 1.165) is 12.8 Å². The van der Waals surface area contributed by atoms with Gasteiger partial charge in [0, 0.05) is 25.7 Å². The molecule has 19 heavy (non-hydrogen) atoms. The van der Waals surface area contributed by atoms with Crippen molar-refractivity contribution in [3.8, 4) is 0 Å². The summed E-state index contributed by atoms with van der Waals surface area (Å²) >= 11 is 0. The number of nitrogens with zero attached hydrogens (tertiary/aromatic N) is 2. The minimum atomic E-state index is -0.147. The maximum atomic E-state index is 11.7. The van der Waals surface area contributed by atoms with Crippen molar-refractivity contribution < 1.29 is 9.59 Å². The van der Waals surface area contributed by atoms with Crippen LogP contribution in [0.25, 0.3) is 0 Å². The summed E-state index contributed by atoms with van der Waals surface area (Å²) in [5, 5.41) is 9.19. The fraction of sp³-hybridized carbons (Fsp3) is 0.583. The minimum Gasteiger partial charge on any atom is -0.358 e. The first kappa shape index (κ1) is 15.2. The summed E-state index contributed by atoms with van der Waals surface area (Å²) in [6.07, 6.45) is 5.18. The molecule has 0 aliphatic heterocycles. The van der Waals surface area contributed by atoms with E-state index in [1.165, 1.54) is 10.9 Å². The Balaban J connectivity index is 2.44. The van der Waals surface area contributed by atoms with Crippen molar-refractivity contribution in [3.63, 3.8) is 0 Å². The first-order valence-corrected chi connectivity index (χ1v) is 6.33. The third-order valence-corrected chi connectivity index (χ3v) is 2.61. The van der Waals surface area contributed by atoms with E-state index in [-0.39, 0.29) is 30.8 Å². The van der Waals surface area contributed by atoms with Crippen LogP contribution in [0.1, 0.15) is 26.2 Å². The molecule has 0 bridgehead atoms. The lowest BCUT2D eigenvalue weighted by Gasteiger charge is -2.09. The summed E-state index contributed by atoms with van der Waals surface area (Å²) in [4.78, 5) is 22.8. The molecule has 0 aromatic carbocycles. The largest absolute Gasteiger partial charge is 0.358 e. The Kier molecular flexibility index (Phi) is 6.01. The lowest BCUT2D eigenvalue weighted by atomic mass is 10.1. The number of amides is 2. The number of nitrogens with two attached hydrogens (primary N) is 1. The van der Waals surface area contributed by atoms with Crippen LogP contribution in [-0.4, -0.2) is 34.7 Å². The Hall–Kier alpha value is -1.89. The number of nitrogens with one attached hydrogen (secondary N) is 2. The van der Waals surface area contributed by atoms with Gasteiger partial charge in [-0.15, -0.1) is 0 Å². The van der Waals surface area contributed by atoms with Crippen molar-refractivity contribution in [1.82, 2.24) is 15.1 Å². The number of rotatable bonds is 7. The predicted molar refractivity (Wildman–Crippen MR) is 72.4 cm³/mol. The molecule has 106 valence electrons. The molecule has 7 nitrogen and oxygen atoms in total. The summed E-state index contributed by atoms with van der Waals surface area (Å²) in [5.41, 5.74) is 6.36. The third-order valence-electron chi connectivity index (χ3n) is 2.61. The molecule has 1 atom stereocenters. The van der Waals surface area contributed by atoms with Gasteiger partial charge in [-0.05, 0) is 6.42 Å². The Bertz CT molecular complexity index is 430. The topological polar surface area (TPSA) is 102 Å². The van der Waals surface area contributed by atoms with E-state index in [2.05, 4.69) is 15.7 Å². The van der Waals surface area contributed by atoms with Gasteiger partial charge in [-0.1, -0.05) is 13.3 Å². The molecule has 1 aromatic rings. The molecular weight excluding hydrogens is 246 g/mol. The summed E-state index contributed by atoms with van der Waals surface area (Å²) in [6.45, 7) is 2.16. The second-order valence-corrected chi connectivity index (χ2v) is 4.40. The molecule has 1 rings (SSSR count). The lowest BCUT2D eigenvalue weighted by Crippen LogP contribution is -2.26. The van der Waals surface area contributed by atoms with Crippen LogP contribution in [-0.2, 0) is 16.1 Å². The quantitative estimate of drug-likeness (QED) is 0.651. The Morgan fingerprint density at radius 1 is 1.47 bits per heavy atom. The standard InChI is InChI=1S/C12H21N5O2/c1-3-4-9(13)5-11(18)16-10-6-15-17(7-10)8-12(19)14-2/h6-7,9H,3-5,8,13H2,1-2H3,(H,14,19)(H,16,18). The zero-order valence-electron chi connectivity index (χ0n) is 11.3. The molecule has 1 aromatic heterocycles. The fourth-order valence-electron chi connectivity index (χ4n) is 1.66. The zero-order valence-corrected chi connectivity index (χ0v) is 11.3. The van der Waals surface area contributed by atoms with Crippen LogP contribution < -0.4 is 16.4 Å². The minimum absolute atomic E-state index is 0.120. The van der Waals surface area contributed by atoms with Gasteiger partial charge in [-0.3, -0.25) is 14.3 Å². The van der Waals surface area contributed by atoms with Gasteiger partial charge in [0.2, 0.25) is 11.8 Å². The number of carbonyl (C=O) groups excluding carboxylic acids is 2. The number of likely N-dealkylation sites (N-methyl/N-ethyl adjacent to an activating group) is 1. The maximum Gasteiger partial charge on any atom is 0.241 e. The number of hydrogen-bond acceptors (Lipinski definition) is 4. The first-order valence-electron chi connectivity index (χ1n) is 6.33. The van der Waals surface area contributed by atoms with Gasteiger partial charge in [-0.25, -0.2) is 0 Å². The van der Waals surface area contributed by atoms with E-state index >= 15 is 0 Å². The third kappa shape index (κ3) is 5.52. The zero-order chi connectivity index (χ0) is 14.3. The maximum absolute atomic E-state index is 11.7. The van der Waals surface area contributed by atoms with Crippen LogP contribution in [0.2, 0.25) is 0 Å². The number of anilines is 1. The number of hydrogen-bond donors (Lipinski definition) is 3. The van der Waals surface area contributed by atoms with Crippen LogP contribution in [0.4, 0.5) is 5.69 Å². The average molecular weight is 267 g/mol. The van der Waals surface area contributed by atoms with E-state index in [1.807, 2.05) is 6.92 Å². The van der Waals surface area contributed by atoms with Crippen LogP contribution in [0, 0.1) is 0 Å². The van der Waals surface area contributed by atoms with Crippen molar-refractivity contribution in [2.75, 3.05) is 12.4 Å². The van der Waals surface area contributed by atoms with Gasteiger partial charge in [-0.2, -0.15) is 5.10 Å². The van der Waals surface area contributed by atoms with Crippen molar-refractivity contribution in [1.29, 1.82) is 0 Å². The average Bonchev–Trinajstić information content (AvgIpc) is 2.76. The van der Waals surface area contributed by atoms with Crippen LogP contribution in [0.3, 0.4) is 0 Å². The summed E-state index contributed by atoms with van der Waals surface area (Å²) < 4.78 is 1.46. The van der Waals surface area contributed by atoms with E-state index in [9.17, 15) is 9.59 Å². The molecule has 0 saturated carbocycles. The van der Waals surface area contributed by atoms with Crippen molar-refractivity contribution >= 4 is 17.5 Å². The van der Waals surface area contributed by atoms with Gasteiger partial charge >= 0.3 is 0 Å². The fourth-order valence-corrected chi connectivity index (χ4v) is 1.66. The molecular formula is C12H21N5O2. The molecule has 1 unspecified atom stereocenters. The Labute approximate surface area is 112 Å². The molecule has 2 amide bonds. The van der Waals surface area contributed by atoms with Crippen LogP contribution in [0.15, 0.2) is 12.4 Å². The first-order chi connectivity index (χ1) is 9.05. The smallest absolute Gasteiger partial charge is 0.241 e. The van der Waals surface area contributed by atoms with Gasteiger partial charge in [0.25, 0.3) is 0 Å². The second-order valence-electron chi connectivity index (χ2n) is 4.40. The van der Waals surface area contributed by atoms with E-state index in [1.54, 1.807) is 13.2 Å². The summed E-state index contributed by atoms with van der Waals surface area (Å²) in [7, 11) is 1.56. The van der Waals surface area contributed by atoms with E-state index in [0.29, 0.717) is 5.69 Å². The second kappa shape index (κ2) is 7.52. The molecule has 0 aliphatic carbocycles. The predicted octanol–water partition coefficient (Wildman–Crippen LogP) is 0.0851. The molecule has 0 fully saturated rings. The van der Waals surface area contributed by atoms with Gasteiger partial charge < -0.3 is 16.4 Å². The molecule has 0 radical (unpaired) electrons. The number of carbonyl (C=O) groups is 2. The van der Waals surface area contributed by atoms with Gasteiger partial charge in [0.1, 0.15) is 6.54 Å². The molecule has 0 saturated heterocycles. The van der Waals surface area contributed by atoms with Crippen molar-refractivity contribution in [2.45, 2.75) is 38.8 Å².